The van der Waals surface area contributed by atoms with Gasteiger partial charge in [-0.15, -0.1) is 0 Å². The molecule has 0 fully saturated rings. The van der Waals surface area contributed by atoms with Crippen molar-refractivity contribution in [3.8, 4) is 45.3 Å². The van der Waals surface area contributed by atoms with Gasteiger partial charge in [-0.1, -0.05) is 24.3 Å². The smallest absolute Gasteiger partial charge is 0.0980 e. The van der Waals surface area contributed by atoms with Crippen LogP contribution in [0.2, 0.25) is 0 Å². The van der Waals surface area contributed by atoms with Gasteiger partial charge in [0, 0.05) is 65.4 Å². The number of rotatable bonds is 4. The first-order valence-corrected chi connectivity index (χ1v) is 11.5. The van der Waals surface area contributed by atoms with Crippen molar-refractivity contribution in [1.82, 2.24) is 29.9 Å². The van der Waals surface area contributed by atoms with Gasteiger partial charge in [0.2, 0.25) is 0 Å². The number of nitrogens with zero attached hydrogens (tertiary/aromatic N) is 6. The van der Waals surface area contributed by atoms with Gasteiger partial charge in [0.1, 0.15) is 0 Å². The average Bonchev–Trinajstić information content (AvgIpc) is 2.99. The van der Waals surface area contributed by atoms with Gasteiger partial charge in [-0.2, -0.15) is 0 Å². The molecule has 6 nitrogen and oxygen atoms in total. The Hall–Kier alpha value is -4.58. The van der Waals surface area contributed by atoms with Gasteiger partial charge in [0.15, 0.2) is 0 Å². The number of hydrogen-bond donors (Lipinski definition) is 0. The molecule has 0 aliphatic carbocycles. The molecule has 0 saturated carbocycles. The standard InChI is InChI=1S/2C15H11N3.Fe/c2*1-3-9-16-13(7-1)12-6-5-11-18-15(12)14-8-2-4-10-17-14;/h2*1-11H;. The third-order valence-electron chi connectivity index (χ3n) is 5.31. The molecular formula is C30H22FeN6. The normalized spacial score (nSPS) is 9.95. The first-order chi connectivity index (χ1) is 17.9. The molecule has 0 atom stereocenters. The third kappa shape index (κ3) is 6.35. The summed E-state index contributed by atoms with van der Waals surface area (Å²) in [4.78, 5) is 26.3. The van der Waals surface area contributed by atoms with Crippen LogP contribution >= 0.6 is 0 Å². The van der Waals surface area contributed by atoms with Crippen LogP contribution in [-0.2, 0) is 17.1 Å². The first kappa shape index (κ1) is 25.5. The Bertz CT molecular complexity index is 1280. The van der Waals surface area contributed by atoms with E-state index in [1.165, 1.54) is 0 Å². The van der Waals surface area contributed by atoms with Crippen LogP contribution in [0.25, 0.3) is 45.3 Å². The summed E-state index contributed by atoms with van der Waals surface area (Å²) in [6.45, 7) is 0. The van der Waals surface area contributed by atoms with Gasteiger partial charge in [-0.25, -0.2) is 0 Å². The van der Waals surface area contributed by atoms with Crippen LogP contribution in [0.15, 0.2) is 134 Å². The van der Waals surface area contributed by atoms with Crippen molar-refractivity contribution in [3.05, 3.63) is 134 Å². The minimum atomic E-state index is 0. The molecule has 6 aromatic heterocycles. The van der Waals surface area contributed by atoms with Crippen molar-refractivity contribution in [3.63, 3.8) is 0 Å². The summed E-state index contributed by atoms with van der Waals surface area (Å²) in [6.07, 6.45) is 10.7. The summed E-state index contributed by atoms with van der Waals surface area (Å²) in [5.41, 5.74) is 7.25. The molecule has 0 aliphatic rings. The van der Waals surface area contributed by atoms with E-state index in [9.17, 15) is 0 Å². The van der Waals surface area contributed by atoms with E-state index in [2.05, 4.69) is 29.9 Å². The van der Waals surface area contributed by atoms with Crippen LogP contribution in [0.3, 0.4) is 0 Å². The minimum absolute atomic E-state index is 0. The molecule has 37 heavy (non-hydrogen) atoms. The van der Waals surface area contributed by atoms with Crippen molar-refractivity contribution >= 4 is 0 Å². The molecule has 0 aromatic carbocycles. The van der Waals surface area contributed by atoms with E-state index in [-0.39, 0.29) is 17.1 Å². The minimum Gasteiger partial charge on any atom is -0.256 e. The maximum absolute atomic E-state index is 4.42. The molecule has 0 bridgehead atoms. The van der Waals surface area contributed by atoms with E-state index >= 15 is 0 Å². The Kier molecular flexibility index (Phi) is 8.91. The summed E-state index contributed by atoms with van der Waals surface area (Å²) >= 11 is 0. The van der Waals surface area contributed by atoms with Crippen LogP contribution in [0.4, 0.5) is 0 Å². The van der Waals surface area contributed by atoms with Crippen LogP contribution < -0.4 is 0 Å². The van der Waals surface area contributed by atoms with E-state index in [0.29, 0.717) is 0 Å². The number of aromatic nitrogens is 6. The van der Waals surface area contributed by atoms with Crippen LogP contribution in [0.1, 0.15) is 0 Å². The quantitative estimate of drug-likeness (QED) is 0.249. The Balaban J connectivity index is 0.000000168. The molecule has 6 heterocycles. The average molecular weight is 522 g/mol. The fraction of sp³-hybridized carbons (Fsp3) is 0. The summed E-state index contributed by atoms with van der Waals surface area (Å²) in [6, 6.07) is 31.2. The van der Waals surface area contributed by atoms with Crippen LogP contribution in [-0.4, -0.2) is 29.9 Å². The molecule has 6 rings (SSSR count). The van der Waals surface area contributed by atoms with Crippen molar-refractivity contribution in [2.24, 2.45) is 0 Å². The molecular weight excluding hydrogens is 500 g/mol. The molecule has 0 unspecified atom stereocenters. The van der Waals surface area contributed by atoms with Crippen molar-refractivity contribution in [1.29, 1.82) is 0 Å². The van der Waals surface area contributed by atoms with E-state index in [4.69, 9.17) is 0 Å². The van der Waals surface area contributed by atoms with Gasteiger partial charge >= 0.3 is 0 Å². The van der Waals surface area contributed by atoms with Crippen molar-refractivity contribution in [2.75, 3.05) is 0 Å². The van der Waals surface area contributed by atoms with E-state index in [1.807, 2.05) is 97.1 Å². The van der Waals surface area contributed by atoms with Gasteiger partial charge in [-0.05, 0) is 72.8 Å². The van der Waals surface area contributed by atoms with Crippen LogP contribution in [0.5, 0.6) is 0 Å². The molecule has 7 heteroatoms. The molecule has 180 valence electrons. The predicted molar refractivity (Wildman–Crippen MR) is 141 cm³/mol. The Morgan fingerprint density at radius 2 is 0.622 bits per heavy atom. The van der Waals surface area contributed by atoms with Gasteiger partial charge < -0.3 is 0 Å². The topological polar surface area (TPSA) is 77.3 Å². The van der Waals surface area contributed by atoms with Gasteiger partial charge in [0.05, 0.1) is 34.2 Å². The fourth-order valence-corrected chi connectivity index (χ4v) is 3.68. The van der Waals surface area contributed by atoms with Gasteiger partial charge in [-0.3, -0.25) is 29.9 Å². The molecule has 6 aromatic rings. The van der Waals surface area contributed by atoms with Crippen molar-refractivity contribution in [2.45, 2.75) is 0 Å². The number of hydrogen-bond acceptors (Lipinski definition) is 6. The van der Waals surface area contributed by atoms with E-state index in [1.54, 1.807) is 37.2 Å². The van der Waals surface area contributed by atoms with Crippen molar-refractivity contribution < 1.29 is 17.1 Å². The molecule has 0 N–H and O–H groups in total. The maximum atomic E-state index is 4.42. The largest absolute Gasteiger partial charge is 0.256 e. The molecule has 0 amide bonds. The molecule has 0 aliphatic heterocycles. The monoisotopic (exact) mass is 522 g/mol. The summed E-state index contributed by atoms with van der Waals surface area (Å²) < 4.78 is 0. The molecule has 0 radical (unpaired) electrons. The Morgan fingerprint density at radius 3 is 0.946 bits per heavy atom. The predicted octanol–water partition coefficient (Wildman–Crippen LogP) is 6.41. The second-order valence-electron chi connectivity index (χ2n) is 7.66. The summed E-state index contributed by atoms with van der Waals surface area (Å²) in [5.74, 6) is 0. The number of pyridine rings is 6. The third-order valence-corrected chi connectivity index (χ3v) is 5.31. The zero-order valence-electron chi connectivity index (χ0n) is 19.7. The second-order valence-corrected chi connectivity index (χ2v) is 7.66. The summed E-state index contributed by atoms with van der Waals surface area (Å²) in [5, 5.41) is 0. The Labute approximate surface area is 226 Å². The SMILES string of the molecule is [Fe].c1ccc(-c2cccnc2-c2ccccn2)nc1.c1ccc(-c2cccnc2-c2ccccn2)nc1. The zero-order chi connectivity index (χ0) is 24.4. The Morgan fingerprint density at radius 1 is 0.297 bits per heavy atom. The molecule has 0 saturated heterocycles. The zero-order valence-corrected chi connectivity index (χ0v) is 20.8. The first-order valence-electron chi connectivity index (χ1n) is 11.5. The maximum Gasteiger partial charge on any atom is 0.0980 e. The summed E-state index contributed by atoms with van der Waals surface area (Å²) in [7, 11) is 0. The van der Waals surface area contributed by atoms with E-state index < -0.39 is 0 Å². The fourth-order valence-electron chi connectivity index (χ4n) is 3.68. The van der Waals surface area contributed by atoms with Gasteiger partial charge in [0.25, 0.3) is 0 Å². The van der Waals surface area contributed by atoms with E-state index in [0.717, 1.165) is 45.3 Å². The second kappa shape index (κ2) is 12.9. The van der Waals surface area contributed by atoms with Crippen LogP contribution in [0, 0.1) is 0 Å². The molecule has 0 spiro atoms.